The molecule has 3 nitrogen and oxygen atoms in total. The Bertz CT molecular complexity index is 437. The predicted octanol–water partition coefficient (Wildman–Crippen LogP) is 1.43. The van der Waals surface area contributed by atoms with Gasteiger partial charge < -0.3 is 5.73 Å². The second kappa shape index (κ2) is 5.37. The Morgan fingerprint density at radius 1 is 1.73 bits per heavy atom. The van der Waals surface area contributed by atoms with Crippen LogP contribution in [0.25, 0.3) is 0 Å². The van der Waals surface area contributed by atoms with Crippen molar-refractivity contribution < 1.29 is 9.18 Å². The molecule has 0 spiro atoms. The highest BCUT2D eigenvalue weighted by Crippen LogP contribution is 2.07. The Balaban J connectivity index is 2.64. The average Bonchev–Trinajstić information content (AvgIpc) is 2.18. The van der Waals surface area contributed by atoms with Crippen LogP contribution in [0.3, 0.4) is 0 Å². The van der Waals surface area contributed by atoms with Gasteiger partial charge in [-0.05, 0) is 6.07 Å². The van der Waals surface area contributed by atoms with E-state index in [1.165, 1.54) is 19.2 Å². The van der Waals surface area contributed by atoms with Crippen LogP contribution in [0.1, 0.15) is 12.5 Å². The Labute approximate surface area is 91.3 Å². The molecular formula is C10H9FN2OS. The summed E-state index contributed by atoms with van der Waals surface area (Å²) in [6, 6.07) is 1.22. The summed E-state index contributed by atoms with van der Waals surface area (Å²) in [5.41, 5.74) is 5.65. The molecule has 0 amide bonds. The lowest BCUT2D eigenvalue weighted by Gasteiger charge is -1.94. The predicted molar refractivity (Wildman–Crippen MR) is 58.6 cm³/mol. The third kappa shape index (κ3) is 4.00. The molecule has 0 aromatic carbocycles. The SMILES string of the molecule is CC(=O)SCC#Cc1cnc(N)c(F)c1. The monoisotopic (exact) mass is 224 g/mol. The van der Waals surface area contributed by atoms with Crippen molar-refractivity contribution in [3.05, 3.63) is 23.6 Å². The first-order valence-electron chi connectivity index (χ1n) is 4.13. The number of nitrogens with zero attached hydrogens (tertiary/aromatic N) is 1. The third-order valence-electron chi connectivity index (χ3n) is 1.45. The molecule has 0 aliphatic heterocycles. The highest BCUT2D eigenvalue weighted by molar-refractivity contribution is 8.13. The van der Waals surface area contributed by atoms with Gasteiger partial charge in [0.05, 0.1) is 5.75 Å². The molecule has 2 N–H and O–H groups in total. The molecule has 0 atom stereocenters. The molecule has 0 bridgehead atoms. The summed E-state index contributed by atoms with van der Waals surface area (Å²) in [4.78, 5) is 14.2. The van der Waals surface area contributed by atoms with Crippen molar-refractivity contribution in [2.24, 2.45) is 0 Å². The number of thioether (sulfide) groups is 1. The van der Waals surface area contributed by atoms with Crippen molar-refractivity contribution >= 4 is 22.7 Å². The van der Waals surface area contributed by atoms with Crippen molar-refractivity contribution in [2.45, 2.75) is 6.92 Å². The topological polar surface area (TPSA) is 56.0 Å². The highest BCUT2D eigenvalue weighted by atomic mass is 32.2. The molecule has 0 radical (unpaired) electrons. The number of halogens is 1. The van der Waals surface area contributed by atoms with Crippen LogP contribution in [0.4, 0.5) is 10.2 Å². The fourth-order valence-corrected chi connectivity index (χ4v) is 1.14. The Hall–Kier alpha value is -1.54. The van der Waals surface area contributed by atoms with E-state index in [9.17, 15) is 9.18 Å². The number of nitrogen functional groups attached to an aromatic ring is 1. The molecule has 1 rings (SSSR count). The number of pyridine rings is 1. The Morgan fingerprint density at radius 2 is 2.47 bits per heavy atom. The first kappa shape index (κ1) is 11.5. The third-order valence-corrected chi connectivity index (χ3v) is 2.15. The van der Waals surface area contributed by atoms with Gasteiger partial charge in [-0.15, -0.1) is 0 Å². The van der Waals surface area contributed by atoms with Gasteiger partial charge in [0.1, 0.15) is 0 Å². The van der Waals surface area contributed by atoms with E-state index in [4.69, 9.17) is 5.73 Å². The number of carbonyl (C=O) groups is 1. The number of carbonyl (C=O) groups excluding carboxylic acids is 1. The van der Waals surface area contributed by atoms with Crippen molar-refractivity contribution in [3.63, 3.8) is 0 Å². The molecule has 15 heavy (non-hydrogen) atoms. The van der Waals surface area contributed by atoms with Crippen LogP contribution >= 0.6 is 11.8 Å². The molecule has 0 unspecified atom stereocenters. The molecule has 1 aromatic heterocycles. The zero-order valence-corrected chi connectivity index (χ0v) is 8.90. The minimum atomic E-state index is -0.582. The van der Waals surface area contributed by atoms with Crippen LogP contribution in [-0.4, -0.2) is 15.9 Å². The summed E-state index contributed by atoms with van der Waals surface area (Å²) in [5, 5.41) is 0.00547. The lowest BCUT2D eigenvalue weighted by atomic mass is 10.3. The number of hydrogen-bond donors (Lipinski definition) is 1. The standard InChI is InChI=1S/C10H9FN2OS/c1-7(14)15-4-2-3-8-5-9(11)10(12)13-6-8/h5-6H,4H2,1H3,(H2,12,13). The number of hydrogen-bond acceptors (Lipinski definition) is 4. The van der Waals surface area contributed by atoms with Gasteiger partial charge in [-0.3, -0.25) is 4.79 Å². The zero-order valence-electron chi connectivity index (χ0n) is 8.08. The van der Waals surface area contributed by atoms with E-state index >= 15 is 0 Å². The minimum absolute atomic E-state index is 0.00547. The van der Waals surface area contributed by atoms with Crippen LogP contribution < -0.4 is 5.73 Å². The van der Waals surface area contributed by atoms with Gasteiger partial charge >= 0.3 is 0 Å². The zero-order chi connectivity index (χ0) is 11.3. The van der Waals surface area contributed by atoms with Gasteiger partial charge in [0.25, 0.3) is 0 Å². The summed E-state index contributed by atoms with van der Waals surface area (Å²) in [6.45, 7) is 1.47. The molecule has 78 valence electrons. The summed E-state index contributed by atoms with van der Waals surface area (Å²) >= 11 is 1.11. The number of anilines is 1. The largest absolute Gasteiger partial charge is 0.381 e. The number of nitrogens with two attached hydrogens (primary N) is 1. The van der Waals surface area contributed by atoms with Gasteiger partial charge in [0.2, 0.25) is 0 Å². The number of rotatable bonds is 1. The Kier molecular flexibility index (Phi) is 4.13. The fourth-order valence-electron chi connectivity index (χ4n) is 0.793. The van der Waals surface area contributed by atoms with Gasteiger partial charge in [-0.25, -0.2) is 9.37 Å². The second-order valence-corrected chi connectivity index (χ2v) is 3.83. The van der Waals surface area contributed by atoms with Crippen LogP contribution in [-0.2, 0) is 4.79 Å². The molecule has 0 saturated heterocycles. The van der Waals surface area contributed by atoms with Gasteiger partial charge in [0.15, 0.2) is 16.8 Å². The van der Waals surface area contributed by atoms with Crippen LogP contribution in [0.15, 0.2) is 12.3 Å². The second-order valence-electron chi connectivity index (χ2n) is 2.67. The maximum Gasteiger partial charge on any atom is 0.186 e. The van der Waals surface area contributed by atoms with E-state index in [1.54, 1.807) is 0 Å². The Morgan fingerprint density at radius 3 is 3.07 bits per heavy atom. The summed E-state index contributed by atoms with van der Waals surface area (Å²) in [6.07, 6.45) is 1.39. The molecule has 0 aliphatic rings. The molecule has 0 aliphatic carbocycles. The summed E-state index contributed by atoms with van der Waals surface area (Å²) in [5.74, 6) is 5.08. The minimum Gasteiger partial charge on any atom is -0.381 e. The average molecular weight is 224 g/mol. The smallest absolute Gasteiger partial charge is 0.186 e. The maximum atomic E-state index is 12.9. The van der Waals surface area contributed by atoms with Crippen LogP contribution in [0.5, 0.6) is 0 Å². The van der Waals surface area contributed by atoms with E-state index in [1.807, 2.05) is 0 Å². The quantitative estimate of drug-likeness (QED) is 0.733. The molecule has 0 saturated carbocycles. The van der Waals surface area contributed by atoms with Crippen molar-refractivity contribution in [2.75, 3.05) is 11.5 Å². The molecule has 1 heterocycles. The van der Waals surface area contributed by atoms with E-state index < -0.39 is 5.82 Å². The van der Waals surface area contributed by atoms with Crippen molar-refractivity contribution in [1.29, 1.82) is 0 Å². The molecule has 1 aromatic rings. The lowest BCUT2D eigenvalue weighted by molar-refractivity contribution is -0.109. The van der Waals surface area contributed by atoms with E-state index in [-0.39, 0.29) is 10.9 Å². The maximum absolute atomic E-state index is 12.9. The van der Waals surface area contributed by atoms with Crippen LogP contribution in [0, 0.1) is 17.7 Å². The van der Waals surface area contributed by atoms with Gasteiger partial charge in [-0.1, -0.05) is 23.6 Å². The number of aromatic nitrogens is 1. The normalized spacial score (nSPS) is 9.20. The summed E-state index contributed by atoms with van der Waals surface area (Å²) in [7, 11) is 0. The van der Waals surface area contributed by atoms with E-state index in [0.29, 0.717) is 11.3 Å². The van der Waals surface area contributed by atoms with E-state index in [2.05, 4.69) is 16.8 Å². The molecule has 0 fully saturated rings. The van der Waals surface area contributed by atoms with E-state index in [0.717, 1.165) is 11.8 Å². The van der Waals surface area contributed by atoms with Gasteiger partial charge in [-0.2, -0.15) is 0 Å². The summed E-state index contributed by atoms with van der Waals surface area (Å²) < 4.78 is 12.9. The first-order valence-corrected chi connectivity index (χ1v) is 5.11. The van der Waals surface area contributed by atoms with Crippen LogP contribution in [0.2, 0.25) is 0 Å². The lowest BCUT2D eigenvalue weighted by Crippen LogP contribution is -1.94. The molecule has 5 heteroatoms. The fraction of sp³-hybridized carbons (Fsp3) is 0.200. The van der Waals surface area contributed by atoms with Crippen molar-refractivity contribution in [1.82, 2.24) is 4.98 Å². The first-order chi connectivity index (χ1) is 7.09. The molecular weight excluding hydrogens is 215 g/mol. The highest BCUT2D eigenvalue weighted by Gasteiger charge is 1.98. The van der Waals surface area contributed by atoms with Crippen molar-refractivity contribution in [3.8, 4) is 11.8 Å². The van der Waals surface area contributed by atoms with Gasteiger partial charge in [0, 0.05) is 18.7 Å².